The molecule has 0 unspecified atom stereocenters. The van der Waals surface area contributed by atoms with Gasteiger partial charge in [-0.1, -0.05) is 25.7 Å². The Hall–Kier alpha value is -0.130. The van der Waals surface area contributed by atoms with Gasteiger partial charge in [-0.2, -0.15) is 8.42 Å². The summed E-state index contributed by atoms with van der Waals surface area (Å²) in [5, 5.41) is 0. The van der Waals surface area contributed by atoms with Crippen molar-refractivity contribution in [3.63, 3.8) is 0 Å². The molecule has 0 saturated heterocycles. The predicted molar refractivity (Wildman–Crippen MR) is 57.7 cm³/mol. The van der Waals surface area contributed by atoms with Crippen LogP contribution in [0.15, 0.2) is 0 Å². The van der Waals surface area contributed by atoms with Gasteiger partial charge in [0.25, 0.3) is 0 Å². The van der Waals surface area contributed by atoms with Crippen LogP contribution in [-0.2, 0) is 18.8 Å². The van der Waals surface area contributed by atoms with Crippen molar-refractivity contribution in [2.75, 3.05) is 6.61 Å². The highest BCUT2D eigenvalue weighted by molar-refractivity contribution is 7.81. The molecule has 4 nitrogen and oxygen atoms in total. The van der Waals surface area contributed by atoms with E-state index in [0.717, 1.165) is 6.42 Å². The third-order valence-electron chi connectivity index (χ3n) is 2.54. The van der Waals surface area contributed by atoms with Gasteiger partial charge in [0.2, 0.25) is 0 Å². The smallest absolute Gasteiger partial charge is 0.248 e. The largest absolute Gasteiger partial charge is 0.400 e. The van der Waals surface area contributed by atoms with Crippen LogP contribution >= 0.6 is 0 Å². The lowest BCUT2D eigenvalue weighted by Crippen LogP contribution is -2.16. The fourth-order valence-corrected chi connectivity index (χ4v) is 2.71. The summed E-state index contributed by atoms with van der Waals surface area (Å²) in [5.74, 6) is 0.638. The first-order valence-electron chi connectivity index (χ1n) is 5.57. The molecular formula is C10H20O4S. The first-order valence-corrected chi connectivity index (χ1v) is 6.90. The van der Waals surface area contributed by atoms with Crippen LogP contribution in [0.5, 0.6) is 0 Å². The summed E-state index contributed by atoms with van der Waals surface area (Å²) < 4.78 is 31.7. The Bertz CT molecular complexity index is 265. The maximum absolute atomic E-state index is 11.2. The van der Waals surface area contributed by atoms with Crippen molar-refractivity contribution in [2.45, 2.75) is 52.1 Å². The van der Waals surface area contributed by atoms with Crippen molar-refractivity contribution < 1.29 is 16.8 Å². The van der Waals surface area contributed by atoms with E-state index in [-0.39, 0.29) is 12.7 Å². The molecule has 0 aromatic carbocycles. The zero-order valence-electron chi connectivity index (χ0n) is 9.44. The van der Waals surface area contributed by atoms with Gasteiger partial charge in [0.05, 0.1) is 12.7 Å². The monoisotopic (exact) mass is 236 g/mol. The topological polar surface area (TPSA) is 52.6 Å². The van der Waals surface area contributed by atoms with Gasteiger partial charge in [-0.05, 0) is 26.2 Å². The summed E-state index contributed by atoms with van der Waals surface area (Å²) in [6.45, 7) is 3.58. The summed E-state index contributed by atoms with van der Waals surface area (Å²) in [6.07, 6.45) is 5.39. The second-order valence-electron chi connectivity index (χ2n) is 4.31. The Morgan fingerprint density at radius 1 is 1.27 bits per heavy atom. The molecule has 0 aromatic heterocycles. The standard InChI is InChI=1S/C10H20O4S/c1-9(2)14-15(11,12)13-8-7-10-5-3-4-6-10/h9-10H,3-8H2,1-2H3. The number of rotatable bonds is 6. The molecule has 0 atom stereocenters. The molecule has 0 spiro atoms. The quantitative estimate of drug-likeness (QED) is 0.709. The van der Waals surface area contributed by atoms with E-state index >= 15 is 0 Å². The van der Waals surface area contributed by atoms with Crippen molar-refractivity contribution >= 4 is 10.4 Å². The lowest BCUT2D eigenvalue weighted by atomic mass is 10.1. The maximum Gasteiger partial charge on any atom is 0.400 e. The van der Waals surface area contributed by atoms with E-state index in [0.29, 0.717) is 5.92 Å². The average molecular weight is 236 g/mol. The average Bonchev–Trinajstić information content (AvgIpc) is 2.53. The van der Waals surface area contributed by atoms with E-state index in [1.54, 1.807) is 13.8 Å². The van der Waals surface area contributed by atoms with Gasteiger partial charge in [-0.3, -0.25) is 0 Å². The molecule has 1 rings (SSSR count). The summed E-state index contributed by atoms with van der Waals surface area (Å²) >= 11 is 0. The van der Waals surface area contributed by atoms with E-state index in [1.165, 1.54) is 25.7 Å². The molecule has 0 bridgehead atoms. The predicted octanol–water partition coefficient (Wildman–Crippen LogP) is 2.25. The van der Waals surface area contributed by atoms with Crippen molar-refractivity contribution in [1.82, 2.24) is 0 Å². The Labute approximate surface area is 92.3 Å². The molecule has 1 aliphatic rings. The van der Waals surface area contributed by atoms with Gasteiger partial charge < -0.3 is 0 Å². The van der Waals surface area contributed by atoms with Gasteiger partial charge in [-0.15, -0.1) is 0 Å². The molecule has 1 aliphatic carbocycles. The molecule has 5 heteroatoms. The molecule has 0 radical (unpaired) electrons. The van der Waals surface area contributed by atoms with Crippen molar-refractivity contribution in [3.05, 3.63) is 0 Å². The van der Waals surface area contributed by atoms with Crippen LogP contribution in [0.1, 0.15) is 46.0 Å². The Balaban J connectivity index is 2.18. The molecule has 15 heavy (non-hydrogen) atoms. The molecule has 0 heterocycles. The zero-order valence-corrected chi connectivity index (χ0v) is 10.3. The molecule has 1 saturated carbocycles. The fourth-order valence-electron chi connectivity index (χ4n) is 1.88. The minimum absolute atomic E-state index is 0.250. The second-order valence-corrected chi connectivity index (χ2v) is 5.56. The summed E-state index contributed by atoms with van der Waals surface area (Å²) in [7, 11) is -3.77. The SMILES string of the molecule is CC(C)OS(=O)(=O)OCCC1CCCC1. The van der Waals surface area contributed by atoms with Crippen LogP contribution in [0.2, 0.25) is 0 Å². The molecule has 0 aromatic rings. The van der Waals surface area contributed by atoms with E-state index in [9.17, 15) is 8.42 Å². The van der Waals surface area contributed by atoms with E-state index in [4.69, 9.17) is 4.18 Å². The third-order valence-corrected chi connectivity index (χ3v) is 3.61. The highest BCUT2D eigenvalue weighted by Crippen LogP contribution is 2.27. The van der Waals surface area contributed by atoms with Crippen LogP contribution < -0.4 is 0 Å². The molecule has 1 fully saturated rings. The lowest BCUT2D eigenvalue weighted by molar-refractivity contribution is 0.172. The molecule has 0 aliphatic heterocycles. The highest BCUT2D eigenvalue weighted by atomic mass is 32.3. The minimum atomic E-state index is -3.77. The van der Waals surface area contributed by atoms with Crippen LogP contribution in [-0.4, -0.2) is 21.1 Å². The van der Waals surface area contributed by atoms with Crippen LogP contribution in [0.4, 0.5) is 0 Å². The van der Waals surface area contributed by atoms with Crippen LogP contribution in [0.3, 0.4) is 0 Å². The Kier molecular flexibility index (Phi) is 5.02. The zero-order chi connectivity index (χ0) is 11.3. The van der Waals surface area contributed by atoms with Gasteiger partial charge >= 0.3 is 10.4 Å². The first kappa shape index (κ1) is 12.9. The fraction of sp³-hybridized carbons (Fsp3) is 1.00. The van der Waals surface area contributed by atoms with Gasteiger partial charge in [0.15, 0.2) is 0 Å². The highest BCUT2D eigenvalue weighted by Gasteiger charge is 2.18. The van der Waals surface area contributed by atoms with Crippen molar-refractivity contribution in [2.24, 2.45) is 5.92 Å². The molecule has 90 valence electrons. The molecule has 0 N–H and O–H groups in total. The van der Waals surface area contributed by atoms with Gasteiger partial charge in [0.1, 0.15) is 0 Å². The first-order chi connectivity index (χ1) is 6.99. The lowest BCUT2D eigenvalue weighted by Gasteiger charge is -2.10. The number of hydrogen-bond donors (Lipinski definition) is 0. The maximum atomic E-state index is 11.2. The van der Waals surface area contributed by atoms with E-state index in [2.05, 4.69) is 4.18 Å². The second kappa shape index (κ2) is 5.82. The van der Waals surface area contributed by atoms with Crippen LogP contribution in [0, 0.1) is 5.92 Å². The molecular weight excluding hydrogens is 216 g/mol. The molecule has 0 amide bonds. The minimum Gasteiger partial charge on any atom is -0.248 e. The van der Waals surface area contributed by atoms with Crippen molar-refractivity contribution in [3.8, 4) is 0 Å². The summed E-state index contributed by atoms with van der Waals surface area (Å²) in [6, 6.07) is 0. The van der Waals surface area contributed by atoms with Crippen molar-refractivity contribution in [1.29, 1.82) is 0 Å². The summed E-state index contributed by atoms with van der Waals surface area (Å²) in [4.78, 5) is 0. The van der Waals surface area contributed by atoms with Gasteiger partial charge in [-0.25, -0.2) is 8.37 Å². The normalized spacial score (nSPS) is 18.9. The Morgan fingerprint density at radius 3 is 2.40 bits per heavy atom. The third kappa shape index (κ3) is 5.49. The number of hydrogen-bond acceptors (Lipinski definition) is 4. The summed E-state index contributed by atoms with van der Waals surface area (Å²) in [5.41, 5.74) is 0. The van der Waals surface area contributed by atoms with Gasteiger partial charge in [0, 0.05) is 0 Å². The van der Waals surface area contributed by atoms with E-state index in [1.807, 2.05) is 0 Å². The Morgan fingerprint density at radius 2 is 1.87 bits per heavy atom. The van der Waals surface area contributed by atoms with Crippen LogP contribution in [0.25, 0.3) is 0 Å². The van der Waals surface area contributed by atoms with E-state index < -0.39 is 10.4 Å².